The summed E-state index contributed by atoms with van der Waals surface area (Å²) < 4.78 is 7.38. The van der Waals surface area contributed by atoms with Crippen LogP contribution < -0.4 is 15.4 Å². The van der Waals surface area contributed by atoms with Gasteiger partial charge in [-0.05, 0) is 43.9 Å². The fourth-order valence-corrected chi connectivity index (χ4v) is 2.66. The molecule has 2 aromatic rings. The minimum atomic E-state index is 0. The van der Waals surface area contributed by atoms with E-state index in [1.54, 1.807) is 14.2 Å². The molecule has 0 radical (unpaired) electrons. The first-order valence-electron chi connectivity index (χ1n) is 8.49. The number of hydrogen-bond acceptors (Lipinski definition) is 3. The van der Waals surface area contributed by atoms with Crippen LogP contribution >= 0.6 is 24.0 Å². The molecule has 1 aromatic heterocycles. The largest absolute Gasteiger partial charge is 0.497 e. The lowest BCUT2D eigenvalue weighted by Gasteiger charge is -2.26. The van der Waals surface area contributed by atoms with Gasteiger partial charge in [0.15, 0.2) is 5.96 Å². The highest BCUT2D eigenvalue weighted by Crippen LogP contribution is 2.20. The van der Waals surface area contributed by atoms with Crippen LogP contribution in [0.5, 0.6) is 5.75 Å². The third-order valence-corrected chi connectivity index (χ3v) is 4.14. The first-order valence-corrected chi connectivity index (χ1v) is 8.49. The summed E-state index contributed by atoms with van der Waals surface area (Å²) >= 11 is 0. The van der Waals surface area contributed by atoms with Crippen LogP contribution in [0, 0.1) is 0 Å². The van der Waals surface area contributed by atoms with E-state index in [0.29, 0.717) is 0 Å². The summed E-state index contributed by atoms with van der Waals surface area (Å²) in [6.45, 7) is 2.50. The molecular formula is C19H30IN5O. The smallest absolute Gasteiger partial charge is 0.191 e. The normalized spacial score (nSPS) is 12.4. The molecule has 144 valence electrons. The zero-order valence-corrected chi connectivity index (χ0v) is 18.3. The predicted molar refractivity (Wildman–Crippen MR) is 119 cm³/mol. The zero-order chi connectivity index (χ0) is 18.1. The number of benzene rings is 1. The van der Waals surface area contributed by atoms with Crippen molar-refractivity contribution < 1.29 is 4.74 Å². The van der Waals surface area contributed by atoms with Crippen LogP contribution in [0.3, 0.4) is 0 Å². The van der Waals surface area contributed by atoms with Crippen molar-refractivity contribution in [2.24, 2.45) is 4.99 Å². The van der Waals surface area contributed by atoms with E-state index in [9.17, 15) is 0 Å². The van der Waals surface area contributed by atoms with Gasteiger partial charge in [0.1, 0.15) is 5.75 Å². The number of guanidine groups is 1. The zero-order valence-electron chi connectivity index (χ0n) is 16.0. The molecule has 2 rings (SSSR count). The number of methoxy groups -OCH3 is 1. The van der Waals surface area contributed by atoms with E-state index in [1.807, 2.05) is 24.3 Å². The summed E-state index contributed by atoms with van der Waals surface area (Å²) in [5, 5.41) is 6.77. The van der Waals surface area contributed by atoms with E-state index in [1.165, 1.54) is 5.56 Å². The monoisotopic (exact) mass is 471 g/mol. The third-order valence-electron chi connectivity index (χ3n) is 4.14. The van der Waals surface area contributed by atoms with Crippen LogP contribution in [0.25, 0.3) is 0 Å². The van der Waals surface area contributed by atoms with Gasteiger partial charge in [-0.1, -0.05) is 12.1 Å². The summed E-state index contributed by atoms with van der Waals surface area (Å²) in [4.78, 5) is 6.50. The van der Waals surface area contributed by atoms with Gasteiger partial charge >= 0.3 is 0 Å². The van der Waals surface area contributed by atoms with Crippen molar-refractivity contribution in [2.75, 3.05) is 41.3 Å². The summed E-state index contributed by atoms with van der Waals surface area (Å²) in [5.41, 5.74) is 1.24. The number of aromatic nitrogens is 1. The molecule has 1 atom stereocenters. The van der Waals surface area contributed by atoms with E-state index in [0.717, 1.165) is 31.3 Å². The minimum absolute atomic E-state index is 0. The average molecular weight is 471 g/mol. The second-order valence-electron chi connectivity index (χ2n) is 6.05. The molecule has 6 nitrogen and oxygen atoms in total. The van der Waals surface area contributed by atoms with Gasteiger partial charge in [-0.25, -0.2) is 0 Å². The molecule has 0 aliphatic heterocycles. The lowest BCUT2D eigenvalue weighted by Crippen LogP contribution is -2.42. The maximum absolute atomic E-state index is 5.24. The number of rotatable bonds is 8. The van der Waals surface area contributed by atoms with Gasteiger partial charge in [-0.3, -0.25) is 4.99 Å². The third kappa shape index (κ3) is 6.87. The van der Waals surface area contributed by atoms with Gasteiger partial charge in [0.05, 0.1) is 13.2 Å². The summed E-state index contributed by atoms with van der Waals surface area (Å²) in [5.74, 6) is 1.68. The highest BCUT2D eigenvalue weighted by atomic mass is 127. The second kappa shape index (κ2) is 11.8. The summed E-state index contributed by atoms with van der Waals surface area (Å²) in [7, 11) is 7.64. The minimum Gasteiger partial charge on any atom is -0.497 e. The van der Waals surface area contributed by atoms with Gasteiger partial charge in [0.25, 0.3) is 0 Å². The maximum Gasteiger partial charge on any atom is 0.191 e. The molecule has 0 aliphatic rings. The fourth-order valence-electron chi connectivity index (χ4n) is 2.66. The first kappa shape index (κ1) is 22.3. The van der Waals surface area contributed by atoms with Crippen molar-refractivity contribution >= 4 is 29.9 Å². The number of aliphatic imine (C=N–C) groups is 1. The van der Waals surface area contributed by atoms with Crippen LogP contribution in [-0.2, 0) is 6.54 Å². The van der Waals surface area contributed by atoms with Gasteiger partial charge in [-0.2, -0.15) is 0 Å². The molecule has 26 heavy (non-hydrogen) atoms. The topological polar surface area (TPSA) is 53.8 Å². The Morgan fingerprint density at radius 2 is 1.81 bits per heavy atom. The Labute approximate surface area is 173 Å². The van der Waals surface area contributed by atoms with Crippen molar-refractivity contribution in [2.45, 2.75) is 12.6 Å². The van der Waals surface area contributed by atoms with E-state index >= 15 is 0 Å². The molecule has 1 heterocycles. The van der Waals surface area contributed by atoms with Crippen molar-refractivity contribution in [3.63, 3.8) is 0 Å². The molecule has 1 aromatic carbocycles. The van der Waals surface area contributed by atoms with Gasteiger partial charge in [-0.15, -0.1) is 24.0 Å². The fraction of sp³-hybridized carbons (Fsp3) is 0.421. The van der Waals surface area contributed by atoms with Gasteiger partial charge in [0.2, 0.25) is 0 Å². The quantitative estimate of drug-likeness (QED) is 0.353. The van der Waals surface area contributed by atoms with Crippen molar-refractivity contribution in [3.05, 3.63) is 54.4 Å². The molecule has 7 heteroatoms. The first-order chi connectivity index (χ1) is 12.1. The maximum atomic E-state index is 5.24. The number of ether oxygens (including phenoxy) is 1. The highest BCUT2D eigenvalue weighted by molar-refractivity contribution is 14.0. The Balaban J connectivity index is 0.00000338. The summed E-state index contributed by atoms with van der Waals surface area (Å²) in [6.07, 6.45) is 4.12. The Morgan fingerprint density at radius 3 is 2.35 bits per heavy atom. The molecule has 0 saturated heterocycles. The predicted octanol–water partition coefficient (Wildman–Crippen LogP) is 2.58. The number of hydrogen-bond donors (Lipinski definition) is 2. The van der Waals surface area contributed by atoms with Crippen LogP contribution in [0.1, 0.15) is 11.6 Å². The van der Waals surface area contributed by atoms with Crippen molar-refractivity contribution in [1.29, 1.82) is 0 Å². The molecule has 0 aliphatic carbocycles. The standard InChI is InChI=1S/C19H29N5O.HI/c1-20-19(21-11-14-24-12-5-6-13-24)22-15-18(23(2)3)16-7-9-17(25-4)10-8-16;/h5-10,12-13,18H,11,14-15H2,1-4H3,(H2,20,21,22);1H. The Bertz CT molecular complexity index is 640. The number of halogens is 1. The lowest BCUT2D eigenvalue weighted by atomic mass is 10.1. The van der Waals surface area contributed by atoms with E-state index in [-0.39, 0.29) is 30.0 Å². The molecule has 0 amide bonds. The van der Waals surface area contributed by atoms with Crippen LogP contribution in [0.4, 0.5) is 0 Å². The van der Waals surface area contributed by atoms with E-state index in [4.69, 9.17) is 4.74 Å². The molecular weight excluding hydrogens is 441 g/mol. The molecule has 0 saturated carbocycles. The molecule has 2 N–H and O–H groups in total. The van der Waals surface area contributed by atoms with Gasteiger partial charge < -0.3 is 24.8 Å². The number of likely N-dealkylation sites (N-methyl/N-ethyl adjacent to an activating group) is 1. The summed E-state index contributed by atoms with van der Waals surface area (Å²) in [6, 6.07) is 12.5. The number of nitrogens with zero attached hydrogens (tertiary/aromatic N) is 3. The number of nitrogens with one attached hydrogen (secondary N) is 2. The van der Waals surface area contributed by atoms with E-state index in [2.05, 4.69) is 63.7 Å². The van der Waals surface area contributed by atoms with Gasteiger partial charge in [0, 0.05) is 39.1 Å². The molecule has 0 spiro atoms. The molecule has 0 fully saturated rings. The Kier molecular flexibility index (Phi) is 10.1. The van der Waals surface area contributed by atoms with Crippen LogP contribution in [0.15, 0.2) is 53.8 Å². The second-order valence-corrected chi connectivity index (χ2v) is 6.05. The van der Waals surface area contributed by atoms with Crippen molar-refractivity contribution in [3.8, 4) is 5.75 Å². The Hall–Kier alpha value is -1.74. The van der Waals surface area contributed by atoms with Crippen molar-refractivity contribution in [1.82, 2.24) is 20.1 Å². The SMILES string of the molecule is CN=C(NCCn1cccc1)NCC(c1ccc(OC)cc1)N(C)C.I. The van der Waals surface area contributed by atoms with Crippen LogP contribution in [0.2, 0.25) is 0 Å². The highest BCUT2D eigenvalue weighted by Gasteiger charge is 2.14. The lowest BCUT2D eigenvalue weighted by molar-refractivity contribution is 0.298. The molecule has 0 bridgehead atoms. The molecule has 1 unspecified atom stereocenters. The average Bonchev–Trinajstić information content (AvgIpc) is 3.14. The van der Waals surface area contributed by atoms with Crippen LogP contribution in [-0.4, -0.2) is 56.8 Å². The van der Waals surface area contributed by atoms with E-state index < -0.39 is 0 Å². The Morgan fingerprint density at radius 1 is 1.15 bits per heavy atom.